The summed E-state index contributed by atoms with van der Waals surface area (Å²) in [4.78, 5) is 12.8. The summed E-state index contributed by atoms with van der Waals surface area (Å²) in [6.45, 7) is 8.40. The Hall–Kier alpha value is -1.78. The van der Waals surface area contributed by atoms with Crippen molar-refractivity contribution in [3.63, 3.8) is 0 Å². The molecule has 1 aromatic carbocycles. The van der Waals surface area contributed by atoms with Gasteiger partial charge in [-0.05, 0) is 54.9 Å². The van der Waals surface area contributed by atoms with E-state index >= 15 is 0 Å². The predicted molar refractivity (Wildman–Crippen MR) is 82.8 cm³/mol. The average Bonchev–Trinajstić information content (AvgIpc) is 2.99. The zero-order valence-electron chi connectivity index (χ0n) is 13.3. The van der Waals surface area contributed by atoms with Gasteiger partial charge in [-0.2, -0.15) is 13.2 Å². The average molecular weight is 323 g/mol. The van der Waals surface area contributed by atoms with E-state index in [1.807, 2.05) is 0 Å². The first kappa shape index (κ1) is 16.1. The van der Waals surface area contributed by atoms with Gasteiger partial charge >= 0.3 is 6.18 Å². The molecule has 2 aliphatic rings. The molecule has 0 heterocycles. The van der Waals surface area contributed by atoms with Gasteiger partial charge in [-0.25, -0.2) is 0 Å². The Morgan fingerprint density at radius 2 is 1.87 bits per heavy atom. The largest absolute Gasteiger partial charge is 0.416 e. The zero-order chi connectivity index (χ0) is 17.0. The minimum absolute atomic E-state index is 0.0598. The molecule has 0 radical (unpaired) electrons. The van der Waals surface area contributed by atoms with Crippen molar-refractivity contribution in [3.8, 4) is 0 Å². The molecule has 2 aliphatic carbocycles. The molecule has 3 rings (SSSR count). The molecule has 1 aromatic rings. The highest BCUT2D eigenvalue weighted by Gasteiger charge is 2.60. The summed E-state index contributed by atoms with van der Waals surface area (Å²) < 4.78 is 37.8. The van der Waals surface area contributed by atoms with E-state index in [1.165, 1.54) is 12.1 Å². The SMILES string of the molecule is C=C1C(C)(C)[C@H]2CC[C@]1(C(=O)Nc1ccc(C(F)(F)F)cc1)C2. The lowest BCUT2D eigenvalue weighted by Gasteiger charge is -2.37. The molecule has 2 fully saturated rings. The van der Waals surface area contributed by atoms with Crippen LogP contribution in [0.2, 0.25) is 0 Å². The summed E-state index contributed by atoms with van der Waals surface area (Å²) in [5, 5.41) is 2.78. The van der Waals surface area contributed by atoms with Crippen molar-refractivity contribution in [1.29, 1.82) is 0 Å². The van der Waals surface area contributed by atoms with E-state index in [0.29, 0.717) is 11.6 Å². The highest BCUT2D eigenvalue weighted by Crippen LogP contribution is 2.65. The predicted octanol–water partition coefficient (Wildman–Crippen LogP) is 5.03. The van der Waals surface area contributed by atoms with Crippen molar-refractivity contribution >= 4 is 11.6 Å². The van der Waals surface area contributed by atoms with Crippen molar-refractivity contribution in [2.45, 2.75) is 39.3 Å². The number of carbonyl (C=O) groups is 1. The van der Waals surface area contributed by atoms with Crippen LogP contribution in [-0.2, 0) is 11.0 Å². The Bertz CT molecular complexity index is 660. The fraction of sp³-hybridized carbons (Fsp3) is 0.500. The molecule has 1 N–H and O–H groups in total. The van der Waals surface area contributed by atoms with Crippen LogP contribution in [0.1, 0.15) is 38.7 Å². The third-order valence-corrected chi connectivity index (χ3v) is 5.80. The third kappa shape index (κ3) is 2.37. The molecule has 0 aliphatic heterocycles. The minimum atomic E-state index is -4.37. The van der Waals surface area contributed by atoms with Crippen LogP contribution in [0.3, 0.4) is 0 Å². The smallest absolute Gasteiger partial charge is 0.325 e. The number of hydrogen-bond acceptors (Lipinski definition) is 1. The number of rotatable bonds is 2. The van der Waals surface area contributed by atoms with E-state index in [2.05, 4.69) is 25.7 Å². The summed E-state index contributed by atoms with van der Waals surface area (Å²) in [6, 6.07) is 4.57. The van der Waals surface area contributed by atoms with Crippen LogP contribution in [0, 0.1) is 16.7 Å². The molecule has 2 saturated carbocycles. The summed E-state index contributed by atoms with van der Waals surface area (Å²) in [7, 11) is 0. The first-order valence-corrected chi connectivity index (χ1v) is 7.76. The number of amides is 1. The van der Waals surface area contributed by atoms with Gasteiger partial charge in [-0.15, -0.1) is 0 Å². The van der Waals surface area contributed by atoms with E-state index in [0.717, 1.165) is 37.0 Å². The van der Waals surface area contributed by atoms with Gasteiger partial charge in [0.25, 0.3) is 0 Å². The van der Waals surface area contributed by atoms with Gasteiger partial charge in [-0.1, -0.05) is 26.0 Å². The van der Waals surface area contributed by atoms with Crippen LogP contribution in [0.5, 0.6) is 0 Å². The molecule has 5 heteroatoms. The second-order valence-corrected chi connectivity index (χ2v) is 7.25. The van der Waals surface area contributed by atoms with Crippen LogP contribution in [-0.4, -0.2) is 5.91 Å². The van der Waals surface area contributed by atoms with Gasteiger partial charge in [0.1, 0.15) is 0 Å². The Kier molecular flexibility index (Phi) is 3.40. The second-order valence-electron chi connectivity index (χ2n) is 7.25. The van der Waals surface area contributed by atoms with Gasteiger partial charge in [0.05, 0.1) is 11.0 Å². The van der Waals surface area contributed by atoms with Crippen LogP contribution in [0.4, 0.5) is 18.9 Å². The number of hydrogen-bond donors (Lipinski definition) is 1. The summed E-state index contributed by atoms with van der Waals surface area (Å²) >= 11 is 0. The molecule has 0 spiro atoms. The maximum atomic E-state index is 12.8. The fourth-order valence-electron chi connectivity index (χ4n) is 4.14. The van der Waals surface area contributed by atoms with Gasteiger partial charge in [-0.3, -0.25) is 4.79 Å². The Balaban J connectivity index is 1.79. The summed E-state index contributed by atoms with van der Waals surface area (Å²) in [5.74, 6) is 0.309. The number of alkyl halides is 3. The maximum Gasteiger partial charge on any atom is 0.416 e. The minimum Gasteiger partial charge on any atom is -0.325 e. The molecular formula is C18H20F3NO. The lowest BCUT2D eigenvalue weighted by molar-refractivity contribution is -0.137. The highest BCUT2D eigenvalue weighted by atomic mass is 19.4. The molecule has 2 nitrogen and oxygen atoms in total. The fourth-order valence-corrected chi connectivity index (χ4v) is 4.14. The van der Waals surface area contributed by atoms with Crippen LogP contribution >= 0.6 is 0 Å². The van der Waals surface area contributed by atoms with E-state index in [1.54, 1.807) is 0 Å². The molecule has 124 valence electrons. The molecule has 1 amide bonds. The highest BCUT2D eigenvalue weighted by molar-refractivity contribution is 5.98. The maximum absolute atomic E-state index is 12.8. The second kappa shape index (κ2) is 4.86. The quantitative estimate of drug-likeness (QED) is 0.760. The van der Waals surface area contributed by atoms with Crippen LogP contribution in [0.15, 0.2) is 36.4 Å². The van der Waals surface area contributed by atoms with Crippen LogP contribution in [0.25, 0.3) is 0 Å². The van der Waals surface area contributed by atoms with E-state index in [4.69, 9.17) is 0 Å². The zero-order valence-corrected chi connectivity index (χ0v) is 13.3. The number of halogens is 3. The molecule has 0 unspecified atom stereocenters. The third-order valence-electron chi connectivity index (χ3n) is 5.80. The lowest BCUT2D eigenvalue weighted by atomic mass is 9.68. The molecule has 0 aromatic heterocycles. The Labute approximate surface area is 133 Å². The van der Waals surface area contributed by atoms with Crippen LogP contribution < -0.4 is 5.32 Å². The van der Waals surface area contributed by atoms with Gasteiger partial charge < -0.3 is 5.32 Å². The molecule has 2 bridgehead atoms. The first-order chi connectivity index (χ1) is 10.6. The number of fused-ring (bicyclic) bond motifs is 2. The van der Waals surface area contributed by atoms with E-state index in [9.17, 15) is 18.0 Å². The lowest BCUT2D eigenvalue weighted by Crippen LogP contribution is -2.37. The Morgan fingerprint density at radius 1 is 1.26 bits per heavy atom. The number of carbonyl (C=O) groups excluding carboxylic acids is 1. The van der Waals surface area contributed by atoms with Gasteiger partial charge in [0.2, 0.25) is 5.91 Å². The number of benzene rings is 1. The molecule has 23 heavy (non-hydrogen) atoms. The standard InChI is InChI=1S/C18H20F3NO/c1-11-16(2,3)13-8-9-17(11,10-13)15(23)22-14-6-4-12(5-7-14)18(19,20)21/h4-7,13H,1,8-10H2,2-3H3,(H,22,23)/t13-,17-/m0/s1. The van der Waals surface area contributed by atoms with Gasteiger partial charge in [0, 0.05) is 5.69 Å². The van der Waals surface area contributed by atoms with E-state index < -0.39 is 17.2 Å². The Morgan fingerprint density at radius 3 is 2.35 bits per heavy atom. The monoisotopic (exact) mass is 323 g/mol. The molecular weight excluding hydrogens is 303 g/mol. The van der Waals surface area contributed by atoms with Gasteiger partial charge in [0.15, 0.2) is 0 Å². The van der Waals surface area contributed by atoms with Crippen molar-refractivity contribution in [2.24, 2.45) is 16.7 Å². The van der Waals surface area contributed by atoms with Crippen molar-refractivity contribution < 1.29 is 18.0 Å². The molecule has 2 atom stereocenters. The number of anilines is 1. The van der Waals surface area contributed by atoms with Crippen molar-refractivity contribution in [3.05, 3.63) is 42.0 Å². The molecule has 0 saturated heterocycles. The summed E-state index contributed by atoms with van der Waals surface area (Å²) in [5.41, 5.74) is -0.0166. The first-order valence-electron chi connectivity index (χ1n) is 7.76. The normalized spacial score (nSPS) is 28.9. The van der Waals surface area contributed by atoms with Crippen molar-refractivity contribution in [2.75, 3.05) is 5.32 Å². The van der Waals surface area contributed by atoms with Crippen molar-refractivity contribution in [1.82, 2.24) is 0 Å². The van der Waals surface area contributed by atoms with E-state index in [-0.39, 0.29) is 11.3 Å². The topological polar surface area (TPSA) is 29.1 Å². The number of nitrogens with one attached hydrogen (secondary N) is 1. The summed E-state index contributed by atoms with van der Waals surface area (Å²) in [6.07, 6.45) is -1.83.